The van der Waals surface area contributed by atoms with E-state index in [4.69, 9.17) is 4.74 Å². The van der Waals surface area contributed by atoms with Crippen LogP contribution in [0.25, 0.3) is 6.08 Å². The maximum Gasteiger partial charge on any atom is 0.416 e. The summed E-state index contributed by atoms with van der Waals surface area (Å²) in [7, 11) is 0. The second-order valence-corrected chi connectivity index (χ2v) is 5.12. The number of ether oxygens (including phenoxy) is 1. The third kappa shape index (κ3) is 6.29. The Bertz CT molecular complexity index is 742. The highest BCUT2D eigenvalue weighted by molar-refractivity contribution is 5.67. The number of rotatable bonds is 5. The first-order chi connectivity index (χ1) is 11.8. The van der Waals surface area contributed by atoms with Gasteiger partial charge in [0.1, 0.15) is 12.4 Å². The summed E-state index contributed by atoms with van der Waals surface area (Å²) in [5.74, 6) is -0.982. The monoisotopic (exact) mass is 353 g/mol. The summed E-state index contributed by atoms with van der Waals surface area (Å²) in [6.45, 7) is 0.140. The van der Waals surface area contributed by atoms with Crippen LogP contribution in [0.15, 0.2) is 54.6 Å². The number of nitrogens with one attached hydrogen (secondary N) is 1. The van der Waals surface area contributed by atoms with Crippen LogP contribution in [0.2, 0.25) is 0 Å². The molecule has 0 aliphatic rings. The molecule has 0 spiro atoms. The number of hydrogen-bond donors (Lipinski definition) is 1. The van der Waals surface area contributed by atoms with E-state index in [9.17, 15) is 22.4 Å². The minimum atomic E-state index is -4.62. The summed E-state index contributed by atoms with van der Waals surface area (Å²) in [5, 5.41) is 2.42. The van der Waals surface area contributed by atoms with Gasteiger partial charge >= 0.3 is 12.3 Å². The molecule has 0 aliphatic heterocycles. The molecule has 25 heavy (non-hydrogen) atoms. The zero-order chi connectivity index (χ0) is 18.3. The highest BCUT2D eigenvalue weighted by Gasteiger charge is 2.31. The van der Waals surface area contributed by atoms with E-state index in [-0.39, 0.29) is 18.7 Å². The smallest absolute Gasteiger partial charge is 0.416 e. The van der Waals surface area contributed by atoms with Crippen LogP contribution in [0, 0.1) is 5.82 Å². The zero-order valence-electron chi connectivity index (χ0n) is 13.0. The highest BCUT2D eigenvalue weighted by Crippen LogP contribution is 2.30. The number of carbonyl (C=O) groups is 1. The van der Waals surface area contributed by atoms with E-state index in [2.05, 4.69) is 5.32 Å². The summed E-state index contributed by atoms with van der Waals surface area (Å²) in [6.07, 6.45) is -2.60. The Labute approximate surface area is 141 Å². The Morgan fingerprint density at radius 1 is 1.12 bits per heavy atom. The topological polar surface area (TPSA) is 38.3 Å². The molecule has 0 aliphatic carbocycles. The lowest BCUT2D eigenvalue weighted by molar-refractivity contribution is -0.137. The van der Waals surface area contributed by atoms with Crippen LogP contribution in [0.1, 0.15) is 16.7 Å². The van der Waals surface area contributed by atoms with Gasteiger partial charge in [-0.2, -0.15) is 13.2 Å². The van der Waals surface area contributed by atoms with E-state index >= 15 is 0 Å². The van der Waals surface area contributed by atoms with Crippen molar-refractivity contribution >= 4 is 12.2 Å². The maximum atomic E-state index is 13.2. The van der Waals surface area contributed by atoms with Gasteiger partial charge < -0.3 is 10.1 Å². The van der Waals surface area contributed by atoms with Crippen molar-refractivity contribution in [2.75, 3.05) is 6.54 Å². The molecule has 0 saturated carbocycles. The van der Waals surface area contributed by atoms with Crippen molar-refractivity contribution in [3.05, 3.63) is 77.1 Å². The minimum absolute atomic E-state index is 0.0332. The normalized spacial score (nSPS) is 11.5. The molecule has 7 heteroatoms. The van der Waals surface area contributed by atoms with Crippen LogP contribution in [0.5, 0.6) is 0 Å². The predicted octanol–water partition coefficient (Wildman–Crippen LogP) is 4.78. The van der Waals surface area contributed by atoms with E-state index in [1.807, 2.05) is 18.2 Å². The molecule has 1 amide bonds. The number of hydrogen-bond acceptors (Lipinski definition) is 2. The third-order valence-corrected chi connectivity index (χ3v) is 3.13. The van der Waals surface area contributed by atoms with E-state index in [1.54, 1.807) is 12.1 Å². The molecule has 132 valence electrons. The van der Waals surface area contributed by atoms with Crippen LogP contribution in [-0.4, -0.2) is 12.6 Å². The molecule has 2 rings (SSSR count). The van der Waals surface area contributed by atoms with Gasteiger partial charge in [0.2, 0.25) is 0 Å². The quantitative estimate of drug-likeness (QED) is 0.786. The van der Waals surface area contributed by atoms with Gasteiger partial charge in [0.05, 0.1) is 5.56 Å². The Hall–Kier alpha value is -2.83. The second-order valence-electron chi connectivity index (χ2n) is 5.12. The number of alkyl halides is 3. The fraction of sp³-hybridized carbons (Fsp3) is 0.167. The van der Waals surface area contributed by atoms with Crippen LogP contribution in [0.4, 0.5) is 22.4 Å². The van der Waals surface area contributed by atoms with Gasteiger partial charge in [0, 0.05) is 6.54 Å². The average molecular weight is 353 g/mol. The van der Waals surface area contributed by atoms with Gasteiger partial charge in [-0.15, -0.1) is 0 Å². The number of benzene rings is 2. The molecule has 3 nitrogen and oxygen atoms in total. The lowest BCUT2D eigenvalue weighted by Crippen LogP contribution is -2.24. The summed E-state index contributed by atoms with van der Waals surface area (Å²) in [4.78, 5) is 11.5. The fourth-order valence-electron chi connectivity index (χ4n) is 1.98. The summed E-state index contributed by atoms with van der Waals surface area (Å²) in [6, 6.07) is 11.3. The number of alkyl carbamates (subject to hydrolysis) is 1. The molecule has 0 saturated heterocycles. The molecule has 1 N–H and O–H groups in total. The van der Waals surface area contributed by atoms with Gasteiger partial charge in [0.25, 0.3) is 0 Å². The fourth-order valence-corrected chi connectivity index (χ4v) is 1.98. The first-order valence-electron chi connectivity index (χ1n) is 7.33. The molecule has 2 aromatic rings. The molecular formula is C18H15F4NO2. The van der Waals surface area contributed by atoms with Crippen LogP contribution in [0.3, 0.4) is 0 Å². The summed E-state index contributed by atoms with van der Waals surface area (Å²) < 4.78 is 56.0. The van der Waals surface area contributed by atoms with E-state index in [0.29, 0.717) is 6.07 Å². The second kappa shape index (κ2) is 8.32. The van der Waals surface area contributed by atoms with Crippen LogP contribution < -0.4 is 5.32 Å². The lowest BCUT2D eigenvalue weighted by Gasteiger charge is -2.07. The molecule has 0 atom stereocenters. The molecule has 0 heterocycles. The molecule has 0 aromatic heterocycles. The van der Waals surface area contributed by atoms with Crippen molar-refractivity contribution in [2.24, 2.45) is 0 Å². The van der Waals surface area contributed by atoms with Gasteiger partial charge in [-0.3, -0.25) is 0 Å². The largest absolute Gasteiger partial charge is 0.445 e. The van der Waals surface area contributed by atoms with Crippen molar-refractivity contribution < 1.29 is 27.1 Å². The molecule has 0 fully saturated rings. The molecule has 2 aromatic carbocycles. The van der Waals surface area contributed by atoms with Crippen molar-refractivity contribution in [2.45, 2.75) is 12.8 Å². The van der Waals surface area contributed by atoms with E-state index in [1.165, 1.54) is 12.2 Å². The molecule has 0 bridgehead atoms. The standard InChI is InChI=1S/C18H15F4NO2/c19-16-10-14(9-15(11-16)18(20,21)22)7-4-8-23-17(24)25-12-13-5-2-1-3-6-13/h1-7,9-11H,8,12H2,(H,23,24). The first-order valence-corrected chi connectivity index (χ1v) is 7.33. The molecular weight excluding hydrogens is 338 g/mol. The van der Waals surface area contributed by atoms with Gasteiger partial charge in [-0.1, -0.05) is 42.5 Å². The van der Waals surface area contributed by atoms with E-state index < -0.39 is 23.7 Å². The average Bonchev–Trinajstić information content (AvgIpc) is 2.56. The number of halogens is 4. The van der Waals surface area contributed by atoms with Gasteiger partial charge in [0.15, 0.2) is 0 Å². The molecule has 0 unspecified atom stereocenters. The molecule has 0 radical (unpaired) electrons. The highest BCUT2D eigenvalue weighted by atomic mass is 19.4. The Morgan fingerprint density at radius 2 is 1.84 bits per heavy atom. The summed E-state index contributed by atoms with van der Waals surface area (Å²) >= 11 is 0. The Balaban J connectivity index is 1.83. The van der Waals surface area contributed by atoms with Gasteiger partial charge in [-0.25, -0.2) is 9.18 Å². The predicted molar refractivity (Wildman–Crippen MR) is 85.1 cm³/mol. The van der Waals surface area contributed by atoms with Crippen LogP contribution in [-0.2, 0) is 17.5 Å². The lowest BCUT2D eigenvalue weighted by atomic mass is 10.1. The third-order valence-electron chi connectivity index (χ3n) is 3.13. The SMILES string of the molecule is O=C(NCC=Cc1cc(F)cc(C(F)(F)F)c1)OCc1ccccc1. The van der Waals surface area contributed by atoms with Crippen molar-refractivity contribution in [3.8, 4) is 0 Å². The van der Waals surface area contributed by atoms with Crippen molar-refractivity contribution in [1.29, 1.82) is 0 Å². The minimum Gasteiger partial charge on any atom is -0.445 e. The number of amides is 1. The zero-order valence-corrected chi connectivity index (χ0v) is 13.0. The van der Waals surface area contributed by atoms with Crippen molar-refractivity contribution in [3.63, 3.8) is 0 Å². The maximum absolute atomic E-state index is 13.2. The van der Waals surface area contributed by atoms with E-state index in [0.717, 1.165) is 17.7 Å². The number of carbonyl (C=O) groups excluding carboxylic acids is 1. The Kier molecular flexibility index (Phi) is 6.16. The Morgan fingerprint density at radius 3 is 2.52 bits per heavy atom. The summed E-state index contributed by atoms with van der Waals surface area (Å²) in [5.41, 5.74) is -0.193. The van der Waals surface area contributed by atoms with Crippen LogP contribution >= 0.6 is 0 Å². The van der Waals surface area contributed by atoms with Crippen molar-refractivity contribution in [1.82, 2.24) is 5.32 Å². The van der Waals surface area contributed by atoms with Gasteiger partial charge in [-0.05, 0) is 29.3 Å². The first kappa shape index (κ1) is 18.5.